The van der Waals surface area contributed by atoms with Gasteiger partial charge in [0, 0.05) is 28.8 Å². The fourth-order valence-electron chi connectivity index (χ4n) is 2.76. The number of anilines is 1. The quantitative estimate of drug-likeness (QED) is 0.108. The third-order valence-electron chi connectivity index (χ3n) is 4.84. The molecule has 0 radical (unpaired) electrons. The molecule has 0 bridgehead atoms. The van der Waals surface area contributed by atoms with Crippen LogP contribution in [0.15, 0.2) is 41.9 Å². The van der Waals surface area contributed by atoms with Gasteiger partial charge in [-0.1, -0.05) is 5.11 Å². The number of nitrogens with one attached hydrogen (secondary N) is 1. The first-order chi connectivity index (χ1) is 20.4. The molecule has 0 fully saturated rings. The van der Waals surface area contributed by atoms with E-state index < -0.39 is 32.4 Å². The Morgan fingerprint density at radius 1 is 0.864 bits per heavy atom. The second-order valence-corrected chi connectivity index (χ2v) is 9.34. The van der Waals surface area contributed by atoms with Gasteiger partial charge in [0.15, 0.2) is 0 Å². The van der Waals surface area contributed by atoms with Gasteiger partial charge in [-0.05, 0) is 47.1 Å². The third-order valence-corrected chi connectivity index (χ3v) is 4.84. The first-order valence-electron chi connectivity index (χ1n) is 12.0. The number of hydrogen-bond acceptors (Lipinski definition) is 13. The smallest absolute Gasteiger partial charge is 0.412 e. The van der Waals surface area contributed by atoms with Crippen molar-refractivity contribution in [2.75, 3.05) is 5.32 Å². The first-order valence-corrected chi connectivity index (χ1v) is 12.0. The minimum absolute atomic E-state index is 0.144. The van der Waals surface area contributed by atoms with Crippen LogP contribution in [0.1, 0.15) is 48.2 Å². The number of aromatic nitrogens is 3. The summed E-state index contributed by atoms with van der Waals surface area (Å²) >= 11 is 0. The summed E-state index contributed by atoms with van der Waals surface area (Å²) in [4.78, 5) is 65.1. The fraction of sp³-hybridized carbons (Fsp3) is 0.292. The van der Waals surface area contributed by atoms with Gasteiger partial charge in [-0.2, -0.15) is 0 Å². The average molecular weight is 615 g/mol. The summed E-state index contributed by atoms with van der Waals surface area (Å²) in [6.07, 6.45) is 2.61. The van der Waals surface area contributed by atoms with E-state index in [0.29, 0.717) is 11.4 Å². The summed E-state index contributed by atoms with van der Waals surface area (Å²) < 4.78 is 5.05. The molecule has 20 heteroatoms. The molecule has 3 aromatic heterocycles. The standard InChI is InChI=1S/C11H15N3O4.C7H6N2O4.C6H5N5O2/c1-7-9(5-8(6-12-7)14(16)17)13-10(15)18-11(2,3)4;1-4-6(7(10)11)2-5(3-8-4)9(12)13;1-4-6(9-10-7)2-5(3-8-4)11(12)13/h5-6H,1-4H3,(H,13,15);2-3H,1H3,(H,10,11);2-3H,1H3. The number of hydrogen-bond donors (Lipinski definition) is 2. The van der Waals surface area contributed by atoms with E-state index in [1.165, 1.54) is 19.1 Å². The van der Waals surface area contributed by atoms with Crippen LogP contribution in [0, 0.1) is 51.1 Å². The van der Waals surface area contributed by atoms with Crippen LogP contribution < -0.4 is 5.32 Å². The Morgan fingerprint density at radius 2 is 1.32 bits per heavy atom. The lowest BCUT2D eigenvalue weighted by atomic mass is 10.2. The predicted octanol–water partition coefficient (Wildman–Crippen LogP) is 5.88. The minimum atomic E-state index is -1.21. The van der Waals surface area contributed by atoms with Crippen molar-refractivity contribution in [2.24, 2.45) is 5.11 Å². The van der Waals surface area contributed by atoms with Crippen LogP contribution in [-0.4, -0.2) is 52.5 Å². The molecule has 2 N–H and O–H groups in total. The number of nitro groups is 3. The summed E-state index contributed by atoms with van der Waals surface area (Å²) in [5, 5.41) is 45.5. The molecule has 0 aliphatic heterocycles. The highest BCUT2D eigenvalue weighted by atomic mass is 16.6. The second kappa shape index (κ2) is 15.6. The number of carboxylic acid groups (broad SMARTS) is 1. The zero-order valence-corrected chi connectivity index (χ0v) is 24.1. The van der Waals surface area contributed by atoms with Crippen LogP contribution in [0.4, 0.5) is 33.2 Å². The maximum Gasteiger partial charge on any atom is 0.412 e. The molecular formula is C24H26N10O10. The SMILES string of the molecule is Cc1ncc([N+](=O)[O-])cc1C(=O)O.Cc1ncc([N+](=O)[O-])cc1N=[N+]=[N-].Cc1ncc([N+](=O)[O-])cc1NC(=O)OC(C)(C)C. The summed E-state index contributed by atoms with van der Waals surface area (Å²) in [6, 6.07) is 3.42. The molecule has 0 aromatic carbocycles. The molecule has 232 valence electrons. The zero-order valence-electron chi connectivity index (χ0n) is 24.1. The second-order valence-electron chi connectivity index (χ2n) is 9.34. The first kappa shape index (κ1) is 35.7. The Labute approximate surface area is 247 Å². The number of nitrogens with zero attached hydrogens (tertiary/aromatic N) is 9. The van der Waals surface area contributed by atoms with Crippen LogP contribution in [0.5, 0.6) is 0 Å². The highest BCUT2D eigenvalue weighted by Crippen LogP contribution is 2.22. The molecule has 3 aromatic rings. The maximum atomic E-state index is 11.5. The summed E-state index contributed by atoms with van der Waals surface area (Å²) in [7, 11) is 0. The Kier molecular flexibility index (Phi) is 12.7. The fourth-order valence-corrected chi connectivity index (χ4v) is 2.76. The Bertz CT molecular complexity index is 1570. The molecule has 20 nitrogen and oxygen atoms in total. The van der Waals surface area contributed by atoms with E-state index in [4.69, 9.17) is 15.4 Å². The topological polar surface area (TPSA) is 292 Å². The van der Waals surface area contributed by atoms with E-state index in [1.807, 2.05) is 0 Å². The number of aryl methyl sites for hydroxylation is 3. The monoisotopic (exact) mass is 614 g/mol. The lowest BCUT2D eigenvalue weighted by molar-refractivity contribution is -0.385. The van der Waals surface area contributed by atoms with Crippen molar-refractivity contribution in [3.8, 4) is 0 Å². The largest absolute Gasteiger partial charge is 0.478 e. The number of rotatable bonds is 6. The Balaban J connectivity index is 0.000000337. The molecule has 0 unspecified atom stereocenters. The average Bonchev–Trinajstić information content (AvgIpc) is 2.90. The van der Waals surface area contributed by atoms with Crippen molar-refractivity contribution in [3.05, 3.63) is 100 Å². The van der Waals surface area contributed by atoms with Crippen molar-refractivity contribution in [1.82, 2.24) is 15.0 Å². The number of ether oxygens (including phenoxy) is 1. The number of aromatic carboxylic acids is 1. The number of pyridine rings is 3. The zero-order chi connectivity index (χ0) is 33.8. The van der Waals surface area contributed by atoms with Crippen LogP contribution in [-0.2, 0) is 4.74 Å². The van der Waals surface area contributed by atoms with Crippen LogP contribution in [0.3, 0.4) is 0 Å². The molecule has 44 heavy (non-hydrogen) atoms. The van der Waals surface area contributed by atoms with Crippen LogP contribution >= 0.6 is 0 Å². The highest BCUT2D eigenvalue weighted by molar-refractivity contribution is 5.89. The van der Waals surface area contributed by atoms with Gasteiger partial charge >= 0.3 is 12.1 Å². The normalized spacial score (nSPS) is 9.95. The lowest BCUT2D eigenvalue weighted by Gasteiger charge is -2.19. The van der Waals surface area contributed by atoms with E-state index in [-0.39, 0.29) is 39.7 Å². The van der Waals surface area contributed by atoms with Gasteiger partial charge in [0.1, 0.15) is 24.2 Å². The molecule has 0 aliphatic rings. The van der Waals surface area contributed by atoms with E-state index in [2.05, 4.69) is 30.3 Å². The molecule has 0 saturated heterocycles. The van der Waals surface area contributed by atoms with Gasteiger partial charge in [0.25, 0.3) is 17.1 Å². The van der Waals surface area contributed by atoms with E-state index in [9.17, 15) is 39.9 Å². The molecule has 3 heterocycles. The molecule has 1 amide bonds. The highest BCUT2D eigenvalue weighted by Gasteiger charge is 2.18. The predicted molar refractivity (Wildman–Crippen MR) is 153 cm³/mol. The van der Waals surface area contributed by atoms with Crippen molar-refractivity contribution in [1.29, 1.82) is 0 Å². The van der Waals surface area contributed by atoms with E-state index in [0.717, 1.165) is 24.7 Å². The van der Waals surface area contributed by atoms with Crippen LogP contribution in [0.25, 0.3) is 10.4 Å². The van der Waals surface area contributed by atoms with Gasteiger partial charge in [0.05, 0.1) is 43.1 Å². The third kappa shape index (κ3) is 11.7. The minimum Gasteiger partial charge on any atom is -0.478 e. The van der Waals surface area contributed by atoms with Gasteiger partial charge in [-0.25, -0.2) is 9.59 Å². The summed E-state index contributed by atoms with van der Waals surface area (Å²) in [5.74, 6) is -1.21. The van der Waals surface area contributed by atoms with Gasteiger partial charge in [-0.3, -0.25) is 50.6 Å². The number of carbonyl (C=O) groups is 2. The number of carboxylic acids is 1. The van der Waals surface area contributed by atoms with Crippen molar-refractivity contribution >= 4 is 40.5 Å². The van der Waals surface area contributed by atoms with E-state index >= 15 is 0 Å². The van der Waals surface area contributed by atoms with Crippen molar-refractivity contribution in [3.63, 3.8) is 0 Å². The number of amides is 1. The van der Waals surface area contributed by atoms with Gasteiger partial charge in [0.2, 0.25) is 0 Å². The molecule has 0 spiro atoms. The lowest BCUT2D eigenvalue weighted by Crippen LogP contribution is -2.27. The molecule has 0 atom stereocenters. The molecular weight excluding hydrogens is 588 g/mol. The van der Waals surface area contributed by atoms with Gasteiger partial charge in [-0.15, -0.1) is 0 Å². The maximum absolute atomic E-state index is 11.5. The Morgan fingerprint density at radius 3 is 1.77 bits per heavy atom. The van der Waals surface area contributed by atoms with Gasteiger partial charge < -0.3 is 9.84 Å². The van der Waals surface area contributed by atoms with Crippen molar-refractivity contribution < 1.29 is 34.2 Å². The summed E-state index contributed by atoms with van der Waals surface area (Å²) in [5.41, 5.74) is 8.31. The molecule has 3 rings (SSSR count). The molecule has 0 saturated carbocycles. The summed E-state index contributed by atoms with van der Waals surface area (Å²) in [6.45, 7) is 9.90. The Hall–Kier alpha value is -6.30. The van der Waals surface area contributed by atoms with E-state index in [1.54, 1.807) is 34.6 Å². The molecule has 0 aliphatic carbocycles. The van der Waals surface area contributed by atoms with Crippen molar-refractivity contribution in [2.45, 2.75) is 47.1 Å². The number of azide groups is 1. The van der Waals surface area contributed by atoms with Crippen LogP contribution in [0.2, 0.25) is 0 Å². The number of carbonyl (C=O) groups excluding carboxylic acids is 1.